The Morgan fingerprint density at radius 3 is 1.90 bits per heavy atom. The van der Waals surface area contributed by atoms with Gasteiger partial charge in [0.2, 0.25) is 0 Å². The number of hydrogen-bond acceptors (Lipinski definition) is 2. The second-order valence-corrected chi connectivity index (χ2v) is 7.07. The van der Waals surface area contributed by atoms with E-state index >= 15 is 0 Å². The van der Waals surface area contributed by atoms with E-state index in [-0.39, 0.29) is 6.04 Å². The van der Waals surface area contributed by atoms with Crippen LogP contribution in [0.2, 0.25) is 0 Å². The first-order valence-electron chi connectivity index (χ1n) is 7.65. The lowest BCUT2D eigenvalue weighted by molar-refractivity contribution is 0.628. The molecule has 0 aliphatic rings. The molecule has 2 aromatic rings. The lowest BCUT2D eigenvalue weighted by atomic mass is 9.99. The van der Waals surface area contributed by atoms with Gasteiger partial charge in [0.1, 0.15) is 0 Å². The average molecular weight is 299 g/mol. The second-order valence-electron chi connectivity index (χ2n) is 5.82. The number of rotatable bonds is 7. The maximum absolute atomic E-state index is 6.57. The molecule has 0 heterocycles. The monoisotopic (exact) mass is 299 g/mol. The zero-order valence-electron chi connectivity index (χ0n) is 12.9. The average Bonchev–Trinajstić information content (AvgIpc) is 2.52. The Morgan fingerprint density at radius 1 is 0.857 bits per heavy atom. The van der Waals surface area contributed by atoms with E-state index in [1.54, 1.807) is 0 Å². The summed E-state index contributed by atoms with van der Waals surface area (Å²) < 4.78 is 0. The zero-order chi connectivity index (χ0) is 15.1. The molecule has 1 nitrogen and oxygen atoms in total. The highest BCUT2D eigenvalue weighted by Gasteiger charge is 2.21. The molecule has 0 aromatic heterocycles. The topological polar surface area (TPSA) is 26.0 Å². The molecule has 112 valence electrons. The summed E-state index contributed by atoms with van der Waals surface area (Å²) in [5.74, 6) is 1.89. The van der Waals surface area contributed by atoms with Gasteiger partial charge in [-0.2, -0.15) is 11.8 Å². The third-order valence-electron chi connectivity index (χ3n) is 3.63. The first-order chi connectivity index (χ1) is 10.2. The predicted molar refractivity (Wildman–Crippen MR) is 94.5 cm³/mol. The largest absolute Gasteiger partial charge is 0.323 e. The zero-order valence-corrected chi connectivity index (χ0v) is 13.7. The molecule has 0 fully saturated rings. The van der Waals surface area contributed by atoms with Gasteiger partial charge in [0.25, 0.3) is 0 Å². The molecule has 2 unspecified atom stereocenters. The highest BCUT2D eigenvalue weighted by atomic mass is 32.2. The molecule has 2 aromatic carbocycles. The molecular weight excluding hydrogens is 274 g/mol. The summed E-state index contributed by atoms with van der Waals surface area (Å²) in [5, 5.41) is 0.312. The Bertz CT molecular complexity index is 510. The Labute approximate surface area is 133 Å². The molecule has 0 spiro atoms. The van der Waals surface area contributed by atoms with Crippen LogP contribution in [-0.2, 0) is 0 Å². The van der Waals surface area contributed by atoms with Crippen LogP contribution in [0.1, 0.15) is 42.7 Å². The van der Waals surface area contributed by atoms with Crippen LogP contribution in [-0.4, -0.2) is 5.75 Å². The van der Waals surface area contributed by atoms with Crippen molar-refractivity contribution in [1.29, 1.82) is 0 Å². The van der Waals surface area contributed by atoms with Crippen molar-refractivity contribution >= 4 is 11.8 Å². The fraction of sp³-hybridized carbons (Fsp3) is 0.368. The van der Waals surface area contributed by atoms with Crippen molar-refractivity contribution in [3.63, 3.8) is 0 Å². The lowest BCUT2D eigenvalue weighted by Gasteiger charge is -2.25. The molecule has 0 saturated heterocycles. The number of nitrogens with two attached hydrogens (primary N) is 1. The Kier molecular flexibility index (Phi) is 6.34. The van der Waals surface area contributed by atoms with Crippen LogP contribution in [0.5, 0.6) is 0 Å². The summed E-state index contributed by atoms with van der Waals surface area (Å²) in [5.41, 5.74) is 9.10. The van der Waals surface area contributed by atoms with E-state index in [0.29, 0.717) is 5.25 Å². The molecule has 0 radical (unpaired) electrons. The lowest BCUT2D eigenvalue weighted by Crippen LogP contribution is -2.18. The highest BCUT2D eigenvalue weighted by molar-refractivity contribution is 7.99. The molecule has 0 bridgehead atoms. The molecule has 2 atom stereocenters. The van der Waals surface area contributed by atoms with Crippen molar-refractivity contribution in [2.45, 2.75) is 31.6 Å². The van der Waals surface area contributed by atoms with Gasteiger partial charge in [-0.1, -0.05) is 74.5 Å². The molecule has 0 aliphatic heterocycles. The van der Waals surface area contributed by atoms with Crippen LogP contribution in [0, 0.1) is 5.92 Å². The third kappa shape index (κ3) is 4.90. The molecule has 0 aliphatic carbocycles. The summed E-state index contributed by atoms with van der Waals surface area (Å²) in [4.78, 5) is 0. The SMILES string of the molecule is CC(C)CCSC(c1ccccc1)C(N)c1ccccc1. The molecule has 21 heavy (non-hydrogen) atoms. The normalized spacial score (nSPS) is 14.1. The van der Waals surface area contributed by atoms with Crippen LogP contribution >= 0.6 is 11.8 Å². The summed E-state index contributed by atoms with van der Waals surface area (Å²) in [7, 11) is 0. The van der Waals surface area contributed by atoms with E-state index < -0.39 is 0 Å². The number of benzene rings is 2. The van der Waals surface area contributed by atoms with Gasteiger partial charge in [-0.05, 0) is 29.2 Å². The summed E-state index contributed by atoms with van der Waals surface area (Å²) >= 11 is 1.98. The van der Waals surface area contributed by atoms with Crippen molar-refractivity contribution < 1.29 is 0 Å². The van der Waals surface area contributed by atoms with E-state index in [1.807, 2.05) is 17.8 Å². The van der Waals surface area contributed by atoms with Crippen molar-refractivity contribution in [2.75, 3.05) is 5.75 Å². The van der Waals surface area contributed by atoms with Gasteiger partial charge < -0.3 is 5.73 Å². The van der Waals surface area contributed by atoms with Gasteiger partial charge in [-0.3, -0.25) is 0 Å². The van der Waals surface area contributed by atoms with Crippen molar-refractivity contribution in [3.05, 3.63) is 71.8 Å². The molecule has 0 saturated carbocycles. The van der Waals surface area contributed by atoms with Gasteiger partial charge in [0.15, 0.2) is 0 Å². The maximum Gasteiger partial charge on any atom is 0.0490 e. The molecule has 0 amide bonds. The summed E-state index contributed by atoms with van der Waals surface area (Å²) in [6.07, 6.45) is 1.23. The fourth-order valence-electron chi connectivity index (χ4n) is 2.33. The summed E-state index contributed by atoms with van der Waals surface area (Å²) in [6.45, 7) is 4.55. The second kappa shape index (κ2) is 8.26. The number of thioether (sulfide) groups is 1. The quantitative estimate of drug-likeness (QED) is 0.759. The standard InChI is InChI=1S/C19H25NS/c1-15(2)13-14-21-19(17-11-7-4-8-12-17)18(20)16-9-5-3-6-10-16/h3-12,15,18-19H,13-14,20H2,1-2H3. The van der Waals surface area contributed by atoms with Gasteiger partial charge in [0.05, 0.1) is 0 Å². The smallest absolute Gasteiger partial charge is 0.0490 e. The van der Waals surface area contributed by atoms with E-state index in [2.05, 4.69) is 68.4 Å². The molecule has 2 heteroatoms. The van der Waals surface area contributed by atoms with Crippen LogP contribution in [0.25, 0.3) is 0 Å². The first kappa shape index (κ1) is 16.1. The minimum Gasteiger partial charge on any atom is -0.323 e. The van der Waals surface area contributed by atoms with Crippen molar-refractivity contribution in [1.82, 2.24) is 0 Å². The van der Waals surface area contributed by atoms with Crippen LogP contribution in [0.15, 0.2) is 60.7 Å². The summed E-state index contributed by atoms with van der Waals surface area (Å²) in [6, 6.07) is 21.1. The Hall–Kier alpha value is -1.25. The van der Waals surface area contributed by atoms with Crippen LogP contribution < -0.4 is 5.73 Å². The minimum absolute atomic E-state index is 0.0331. The third-order valence-corrected chi connectivity index (χ3v) is 5.03. The van der Waals surface area contributed by atoms with E-state index in [4.69, 9.17) is 5.73 Å². The van der Waals surface area contributed by atoms with Gasteiger partial charge in [-0.15, -0.1) is 0 Å². The minimum atomic E-state index is 0.0331. The van der Waals surface area contributed by atoms with Gasteiger partial charge >= 0.3 is 0 Å². The van der Waals surface area contributed by atoms with E-state index in [1.165, 1.54) is 17.5 Å². The first-order valence-corrected chi connectivity index (χ1v) is 8.70. The van der Waals surface area contributed by atoms with E-state index in [0.717, 1.165) is 11.7 Å². The van der Waals surface area contributed by atoms with E-state index in [9.17, 15) is 0 Å². The Balaban J connectivity index is 2.15. The van der Waals surface area contributed by atoms with Crippen molar-refractivity contribution in [3.8, 4) is 0 Å². The highest BCUT2D eigenvalue weighted by Crippen LogP contribution is 2.39. The molecular formula is C19H25NS. The molecule has 2 N–H and O–H groups in total. The van der Waals surface area contributed by atoms with Crippen LogP contribution in [0.3, 0.4) is 0 Å². The number of hydrogen-bond donors (Lipinski definition) is 1. The predicted octanol–water partition coefficient (Wildman–Crippen LogP) is 5.21. The van der Waals surface area contributed by atoms with Crippen molar-refractivity contribution in [2.24, 2.45) is 11.7 Å². The van der Waals surface area contributed by atoms with Gasteiger partial charge in [0, 0.05) is 11.3 Å². The fourth-order valence-corrected chi connectivity index (χ4v) is 3.91. The Morgan fingerprint density at radius 2 is 1.38 bits per heavy atom. The molecule has 2 rings (SSSR count). The maximum atomic E-state index is 6.57. The van der Waals surface area contributed by atoms with Gasteiger partial charge in [-0.25, -0.2) is 0 Å². The van der Waals surface area contributed by atoms with Crippen LogP contribution in [0.4, 0.5) is 0 Å².